The Morgan fingerprint density at radius 2 is 1.88 bits per heavy atom. The van der Waals surface area contributed by atoms with Crippen LogP contribution in [0.4, 0.5) is 0 Å². The lowest BCUT2D eigenvalue weighted by Gasteiger charge is -2.29. The minimum absolute atomic E-state index is 0.00972. The number of hydrogen-bond donors (Lipinski definition) is 1. The van der Waals surface area contributed by atoms with E-state index in [1.54, 1.807) is 0 Å². The van der Waals surface area contributed by atoms with E-state index in [2.05, 4.69) is 20.8 Å². The van der Waals surface area contributed by atoms with Gasteiger partial charge in [0.2, 0.25) is 0 Å². The first-order valence-corrected chi connectivity index (χ1v) is 5.99. The van der Waals surface area contributed by atoms with Crippen molar-refractivity contribution in [1.29, 1.82) is 0 Å². The van der Waals surface area contributed by atoms with Crippen molar-refractivity contribution in [3.05, 3.63) is 0 Å². The summed E-state index contributed by atoms with van der Waals surface area (Å²) in [6.45, 7) is 8.40. The SMILES string of the molecule is CC(C)(C)[C@@H]1CO[C@H]2[C@H]1OC[C@@H]2OCCO. The molecular formula is C12H22O4. The predicted octanol–water partition coefficient (Wildman–Crippen LogP) is 0.824. The standard InChI is InChI=1S/C12H22O4/c1-12(2,3)8-6-15-11-9(14-5-4-13)7-16-10(8)11/h8-11,13H,4-7H2,1-3H3/t8-,9+,10+,11-/m1/s1. The van der Waals surface area contributed by atoms with E-state index in [0.717, 1.165) is 6.61 Å². The van der Waals surface area contributed by atoms with Crippen LogP contribution in [0.1, 0.15) is 20.8 Å². The van der Waals surface area contributed by atoms with Crippen LogP contribution in [0.25, 0.3) is 0 Å². The van der Waals surface area contributed by atoms with Crippen molar-refractivity contribution in [2.75, 3.05) is 26.4 Å². The van der Waals surface area contributed by atoms with E-state index in [0.29, 0.717) is 19.1 Å². The van der Waals surface area contributed by atoms with Crippen molar-refractivity contribution in [3.63, 3.8) is 0 Å². The Balaban J connectivity index is 1.95. The highest BCUT2D eigenvalue weighted by molar-refractivity contribution is 4.98. The Morgan fingerprint density at radius 1 is 1.19 bits per heavy atom. The van der Waals surface area contributed by atoms with Gasteiger partial charge in [-0.15, -0.1) is 0 Å². The Hall–Kier alpha value is -0.160. The van der Waals surface area contributed by atoms with Crippen molar-refractivity contribution >= 4 is 0 Å². The van der Waals surface area contributed by atoms with Gasteiger partial charge in [0.15, 0.2) is 0 Å². The highest BCUT2D eigenvalue weighted by atomic mass is 16.6. The van der Waals surface area contributed by atoms with Gasteiger partial charge in [-0.05, 0) is 5.41 Å². The molecule has 0 unspecified atom stereocenters. The van der Waals surface area contributed by atoms with Crippen LogP contribution in [0.5, 0.6) is 0 Å². The molecule has 2 saturated heterocycles. The molecule has 0 aliphatic carbocycles. The normalized spacial score (nSPS) is 39.0. The minimum Gasteiger partial charge on any atom is -0.394 e. The molecule has 1 N–H and O–H groups in total. The molecule has 0 bridgehead atoms. The van der Waals surface area contributed by atoms with E-state index in [1.807, 2.05) is 0 Å². The van der Waals surface area contributed by atoms with Crippen LogP contribution in [-0.2, 0) is 14.2 Å². The molecule has 0 saturated carbocycles. The maximum absolute atomic E-state index is 8.74. The van der Waals surface area contributed by atoms with Gasteiger partial charge in [0.05, 0.1) is 32.5 Å². The second kappa shape index (κ2) is 4.61. The zero-order valence-corrected chi connectivity index (χ0v) is 10.3. The van der Waals surface area contributed by atoms with E-state index in [1.165, 1.54) is 0 Å². The van der Waals surface area contributed by atoms with Gasteiger partial charge in [-0.1, -0.05) is 20.8 Å². The smallest absolute Gasteiger partial charge is 0.112 e. The third-order valence-corrected chi connectivity index (χ3v) is 3.54. The van der Waals surface area contributed by atoms with E-state index >= 15 is 0 Å². The van der Waals surface area contributed by atoms with Gasteiger partial charge in [-0.2, -0.15) is 0 Å². The van der Waals surface area contributed by atoms with Gasteiger partial charge in [0.25, 0.3) is 0 Å². The summed E-state index contributed by atoms with van der Waals surface area (Å²) in [6, 6.07) is 0. The lowest BCUT2D eigenvalue weighted by molar-refractivity contribution is -0.0442. The molecule has 4 atom stereocenters. The Bertz CT molecular complexity index is 236. The molecule has 2 rings (SSSR count). The second-order valence-corrected chi connectivity index (χ2v) is 5.70. The molecule has 4 nitrogen and oxygen atoms in total. The summed E-state index contributed by atoms with van der Waals surface area (Å²) < 4.78 is 17.1. The van der Waals surface area contributed by atoms with Crippen LogP contribution in [0.15, 0.2) is 0 Å². The number of ether oxygens (including phenoxy) is 3. The van der Waals surface area contributed by atoms with Crippen molar-refractivity contribution in [3.8, 4) is 0 Å². The molecule has 2 aliphatic heterocycles. The zero-order valence-electron chi connectivity index (χ0n) is 10.3. The molecule has 4 heteroatoms. The summed E-state index contributed by atoms with van der Waals surface area (Å²) in [5.41, 5.74) is 0.200. The van der Waals surface area contributed by atoms with Crippen molar-refractivity contribution in [1.82, 2.24) is 0 Å². The van der Waals surface area contributed by atoms with Gasteiger partial charge < -0.3 is 19.3 Å². The first-order chi connectivity index (χ1) is 7.54. The van der Waals surface area contributed by atoms with Gasteiger partial charge in [0, 0.05) is 5.92 Å². The zero-order chi connectivity index (χ0) is 11.8. The third-order valence-electron chi connectivity index (χ3n) is 3.54. The molecule has 0 aromatic heterocycles. The Labute approximate surface area is 96.9 Å². The first-order valence-electron chi connectivity index (χ1n) is 5.99. The highest BCUT2D eigenvalue weighted by Gasteiger charge is 2.51. The molecular weight excluding hydrogens is 208 g/mol. The summed E-state index contributed by atoms with van der Waals surface area (Å²) in [6.07, 6.45) is 0.198. The number of aliphatic hydroxyl groups excluding tert-OH is 1. The molecule has 94 valence electrons. The topological polar surface area (TPSA) is 47.9 Å². The highest BCUT2D eigenvalue weighted by Crippen LogP contribution is 2.41. The minimum atomic E-state index is -0.00972. The van der Waals surface area contributed by atoms with Crippen LogP contribution in [0.2, 0.25) is 0 Å². The van der Waals surface area contributed by atoms with Crippen LogP contribution in [0, 0.1) is 11.3 Å². The average Bonchev–Trinajstić information content (AvgIpc) is 2.73. The lowest BCUT2D eigenvalue weighted by Crippen LogP contribution is -2.35. The predicted molar refractivity (Wildman–Crippen MR) is 59.3 cm³/mol. The summed E-state index contributed by atoms with van der Waals surface area (Å²) in [5, 5.41) is 8.74. The Kier molecular flexibility index (Phi) is 3.54. The molecule has 0 aromatic rings. The fourth-order valence-corrected chi connectivity index (χ4v) is 2.55. The lowest BCUT2D eigenvalue weighted by atomic mass is 9.78. The van der Waals surface area contributed by atoms with Gasteiger partial charge >= 0.3 is 0 Å². The maximum Gasteiger partial charge on any atom is 0.112 e. The van der Waals surface area contributed by atoms with E-state index in [9.17, 15) is 0 Å². The maximum atomic E-state index is 8.74. The van der Waals surface area contributed by atoms with Gasteiger partial charge in [0.1, 0.15) is 12.2 Å². The van der Waals surface area contributed by atoms with Crippen LogP contribution in [-0.4, -0.2) is 49.8 Å². The molecule has 2 fully saturated rings. The fraction of sp³-hybridized carbons (Fsp3) is 1.00. The van der Waals surface area contributed by atoms with E-state index in [-0.39, 0.29) is 30.3 Å². The van der Waals surface area contributed by atoms with Crippen LogP contribution < -0.4 is 0 Å². The first kappa shape index (κ1) is 12.3. The molecule has 0 amide bonds. The Morgan fingerprint density at radius 3 is 2.50 bits per heavy atom. The quantitative estimate of drug-likeness (QED) is 0.780. The van der Waals surface area contributed by atoms with Crippen molar-refractivity contribution < 1.29 is 19.3 Å². The number of aliphatic hydroxyl groups is 1. The number of fused-ring (bicyclic) bond motifs is 1. The summed E-state index contributed by atoms with van der Waals surface area (Å²) in [7, 11) is 0. The van der Waals surface area contributed by atoms with Crippen molar-refractivity contribution in [2.24, 2.45) is 11.3 Å². The summed E-state index contributed by atoms with van der Waals surface area (Å²) >= 11 is 0. The third kappa shape index (κ3) is 2.25. The summed E-state index contributed by atoms with van der Waals surface area (Å²) in [5.74, 6) is 0.431. The van der Waals surface area contributed by atoms with Crippen LogP contribution in [0.3, 0.4) is 0 Å². The summed E-state index contributed by atoms with van der Waals surface area (Å²) in [4.78, 5) is 0. The second-order valence-electron chi connectivity index (χ2n) is 5.70. The van der Waals surface area contributed by atoms with E-state index in [4.69, 9.17) is 19.3 Å². The van der Waals surface area contributed by atoms with E-state index < -0.39 is 0 Å². The van der Waals surface area contributed by atoms with Gasteiger partial charge in [-0.3, -0.25) is 0 Å². The molecule has 2 heterocycles. The molecule has 0 radical (unpaired) electrons. The molecule has 16 heavy (non-hydrogen) atoms. The largest absolute Gasteiger partial charge is 0.394 e. The molecule has 2 aliphatic rings. The van der Waals surface area contributed by atoms with Crippen LogP contribution >= 0.6 is 0 Å². The fourth-order valence-electron chi connectivity index (χ4n) is 2.55. The van der Waals surface area contributed by atoms with Gasteiger partial charge in [-0.25, -0.2) is 0 Å². The number of rotatable bonds is 3. The molecule has 0 spiro atoms. The number of hydrogen-bond acceptors (Lipinski definition) is 4. The molecule has 0 aromatic carbocycles. The average molecular weight is 230 g/mol. The van der Waals surface area contributed by atoms with Crippen molar-refractivity contribution in [2.45, 2.75) is 39.1 Å². The monoisotopic (exact) mass is 230 g/mol.